The summed E-state index contributed by atoms with van der Waals surface area (Å²) in [5.74, 6) is -1.54. The Balaban J connectivity index is 3.23. The van der Waals surface area contributed by atoms with E-state index in [4.69, 9.17) is 0 Å². The molecule has 0 N–H and O–H groups in total. The summed E-state index contributed by atoms with van der Waals surface area (Å²) < 4.78 is 25.5. The summed E-state index contributed by atoms with van der Waals surface area (Å²) in [6.45, 7) is 3.03. The Kier molecular flexibility index (Phi) is 2.40. The molecule has 4 heteroatoms. The summed E-state index contributed by atoms with van der Waals surface area (Å²) in [4.78, 5) is 14.1. The Bertz CT molecular complexity index is 336. The number of carbonyl (C=O) groups is 1. The molecule has 0 aliphatic rings. The number of halogens is 2. The zero-order valence-electron chi connectivity index (χ0n) is 7.34. The van der Waals surface area contributed by atoms with Crippen molar-refractivity contribution in [1.29, 1.82) is 0 Å². The van der Waals surface area contributed by atoms with E-state index < -0.39 is 17.0 Å². The van der Waals surface area contributed by atoms with Gasteiger partial charge in [-0.1, -0.05) is 0 Å². The maximum Gasteiger partial charge on any atom is 0.148 e. The number of hydrogen-bond donors (Lipinski definition) is 0. The van der Waals surface area contributed by atoms with Gasteiger partial charge in [0.2, 0.25) is 0 Å². The van der Waals surface area contributed by atoms with Gasteiger partial charge in [-0.25, -0.2) is 8.78 Å². The third kappa shape index (κ3) is 1.88. The van der Waals surface area contributed by atoms with Crippen LogP contribution >= 0.6 is 0 Å². The molecule has 0 bridgehead atoms. The average molecular weight is 185 g/mol. The van der Waals surface area contributed by atoms with Crippen molar-refractivity contribution in [1.82, 2.24) is 4.98 Å². The normalized spacial score (nSPS) is 11.4. The Morgan fingerprint density at radius 2 is 2.08 bits per heavy atom. The van der Waals surface area contributed by atoms with Crippen LogP contribution in [-0.2, 0) is 10.2 Å². The second kappa shape index (κ2) is 3.20. The van der Waals surface area contributed by atoms with Gasteiger partial charge in [0.25, 0.3) is 0 Å². The minimum absolute atomic E-state index is 0.0381. The molecule has 1 aromatic heterocycles. The lowest BCUT2D eigenvalue weighted by molar-refractivity contribution is -0.111. The third-order valence-corrected chi connectivity index (χ3v) is 1.71. The van der Waals surface area contributed by atoms with E-state index in [0.29, 0.717) is 12.4 Å². The summed E-state index contributed by atoms with van der Waals surface area (Å²) in [5.41, 5.74) is -1.05. The molecule has 70 valence electrons. The minimum Gasteiger partial charge on any atom is -0.302 e. The number of pyridine rings is 1. The number of nitrogens with zero attached hydrogens (tertiary/aromatic N) is 1. The van der Waals surface area contributed by atoms with Crippen molar-refractivity contribution < 1.29 is 13.6 Å². The molecule has 1 rings (SSSR count). The fourth-order valence-corrected chi connectivity index (χ4v) is 0.945. The number of rotatable bonds is 2. The Hall–Kier alpha value is -1.32. The molecule has 0 unspecified atom stereocenters. The Labute approximate surface area is 74.6 Å². The molecule has 0 aromatic carbocycles. The molecular formula is C9H9F2NO. The first-order valence-corrected chi connectivity index (χ1v) is 3.75. The van der Waals surface area contributed by atoms with Crippen LogP contribution in [0.15, 0.2) is 12.3 Å². The highest BCUT2D eigenvalue weighted by Gasteiger charge is 2.25. The number of aldehydes is 1. The van der Waals surface area contributed by atoms with E-state index in [-0.39, 0.29) is 5.69 Å². The second-order valence-corrected chi connectivity index (χ2v) is 3.32. The van der Waals surface area contributed by atoms with Gasteiger partial charge in [-0.15, -0.1) is 0 Å². The first-order chi connectivity index (χ1) is 5.97. The molecule has 0 aliphatic heterocycles. The van der Waals surface area contributed by atoms with Crippen molar-refractivity contribution in [3.05, 3.63) is 29.6 Å². The van der Waals surface area contributed by atoms with E-state index in [1.807, 2.05) is 0 Å². The van der Waals surface area contributed by atoms with Crippen LogP contribution in [0, 0.1) is 11.6 Å². The highest BCUT2D eigenvalue weighted by atomic mass is 19.1. The summed E-state index contributed by atoms with van der Waals surface area (Å²) >= 11 is 0. The van der Waals surface area contributed by atoms with Gasteiger partial charge in [-0.05, 0) is 13.8 Å². The molecule has 0 atom stereocenters. The average Bonchev–Trinajstić information content (AvgIpc) is 2.03. The van der Waals surface area contributed by atoms with Gasteiger partial charge in [-0.3, -0.25) is 4.98 Å². The maximum absolute atomic E-state index is 13.1. The van der Waals surface area contributed by atoms with Crippen LogP contribution in [0.5, 0.6) is 0 Å². The molecule has 13 heavy (non-hydrogen) atoms. The van der Waals surface area contributed by atoms with E-state index >= 15 is 0 Å². The quantitative estimate of drug-likeness (QED) is 0.658. The van der Waals surface area contributed by atoms with Gasteiger partial charge >= 0.3 is 0 Å². The van der Waals surface area contributed by atoms with Crippen LogP contribution in [-0.4, -0.2) is 11.3 Å². The Morgan fingerprint density at radius 1 is 1.46 bits per heavy atom. The smallest absolute Gasteiger partial charge is 0.148 e. The zero-order chi connectivity index (χ0) is 10.1. The highest BCUT2D eigenvalue weighted by molar-refractivity contribution is 5.65. The van der Waals surface area contributed by atoms with Gasteiger partial charge in [0.1, 0.15) is 17.9 Å². The van der Waals surface area contributed by atoms with Crippen molar-refractivity contribution in [3.63, 3.8) is 0 Å². The van der Waals surface area contributed by atoms with E-state index in [9.17, 15) is 13.6 Å². The lowest BCUT2D eigenvalue weighted by Gasteiger charge is -2.16. The summed E-state index contributed by atoms with van der Waals surface area (Å²) in [5, 5.41) is 0. The van der Waals surface area contributed by atoms with Crippen LogP contribution in [0.4, 0.5) is 8.78 Å². The fraction of sp³-hybridized carbons (Fsp3) is 0.333. The van der Waals surface area contributed by atoms with Crippen LogP contribution in [0.3, 0.4) is 0 Å². The molecule has 0 amide bonds. The fourth-order valence-electron chi connectivity index (χ4n) is 0.945. The monoisotopic (exact) mass is 185 g/mol. The van der Waals surface area contributed by atoms with Crippen molar-refractivity contribution in [2.75, 3.05) is 0 Å². The number of carbonyl (C=O) groups excluding carboxylic acids is 1. The zero-order valence-corrected chi connectivity index (χ0v) is 7.34. The SMILES string of the molecule is CC(C)(C=O)c1ncc(F)cc1F. The largest absolute Gasteiger partial charge is 0.302 e. The first-order valence-electron chi connectivity index (χ1n) is 3.75. The van der Waals surface area contributed by atoms with E-state index in [0.717, 1.165) is 6.20 Å². The van der Waals surface area contributed by atoms with Gasteiger partial charge in [0.15, 0.2) is 0 Å². The Morgan fingerprint density at radius 3 is 2.54 bits per heavy atom. The lowest BCUT2D eigenvalue weighted by Crippen LogP contribution is -2.22. The molecular weight excluding hydrogens is 176 g/mol. The van der Waals surface area contributed by atoms with E-state index in [2.05, 4.69) is 4.98 Å². The summed E-state index contributed by atoms with van der Waals surface area (Å²) in [7, 11) is 0. The lowest BCUT2D eigenvalue weighted by atomic mass is 9.90. The summed E-state index contributed by atoms with van der Waals surface area (Å²) in [6, 6.07) is 0.716. The van der Waals surface area contributed by atoms with Crippen molar-refractivity contribution in [2.45, 2.75) is 19.3 Å². The standard InChI is InChI=1S/C9H9F2NO/c1-9(2,5-13)8-7(11)3-6(10)4-12-8/h3-5H,1-2H3. The third-order valence-electron chi connectivity index (χ3n) is 1.71. The molecule has 1 aromatic rings. The van der Waals surface area contributed by atoms with Crippen LogP contribution in [0.2, 0.25) is 0 Å². The predicted molar refractivity (Wildman–Crippen MR) is 43.2 cm³/mol. The molecule has 0 spiro atoms. The molecule has 1 heterocycles. The van der Waals surface area contributed by atoms with Crippen LogP contribution in [0.25, 0.3) is 0 Å². The molecule has 0 saturated carbocycles. The summed E-state index contributed by atoms with van der Waals surface area (Å²) in [6.07, 6.45) is 1.47. The minimum atomic E-state index is -1.02. The second-order valence-electron chi connectivity index (χ2n) is 3.32. The van der Waals surface area contributed by atoms with Gasteiger partial charge in [-0.2, -0.15) is 0 Å². The van der Waals surface area contributed by atoms with Gasteiger partial charge in [0, 0.05) is 6.07 Å². The van der Waals surface area contributed by atoms with Crippen molar-refractivity contribution in [2.24, 2.45) is 0 Å². The molecule has 0 aliphatic carbocycles. The maximum atomic E-state index is 13.1. The van der Waals surface area contributed by atoms with E-state index in [1.54, 1.807) is 0 Å². The number of aromatic nitrogens is 1. The molecule has 0 saturated heterocycles. The molecule has 2 nitrogen and oxygen atoms in total. The van der Waals surface area contributed by atoms with E-state index in [1.165, 1.54) is 13.8 Å². The van der Waals surface area contributed by atoms with Crippen molar-refractivity contribution >= 4 is 6.29 Å². The molecule has 0 fully saturated rings. The molecule has 0 radical (unpaired) electrons. The number of hydrogen-bond acceptors (Lipinski definition) is 2. The van der Waals surface area contributed by atoms with Crippen molar-refractivity contribution in [3.8, 4) is 0 Å². The topological polar surface area (TPSA) is 30.0 Å². The first kappa shape index (κ1) is 9.77. The predicted octanol–water partition coefficient (Wildman–Crippen LogP) is 1.84. The highest BCUT2D eigenvalue weighted by Crippen LogP contribution is 2.21. The van der Waals surface area contributed by atoms with Gasteiger partial charge in [0.05, 0.1) is 17.3 Å². The van der Waals surface area contributed by atoms with Gasteiger partial charge < -0.3 is 4.79 Å². The van der Waals surface area contributed by atoms with Crippen LogP contribution < -0.4 is 0 Å². The van der Waals surface area contributed by atoms with Crippen LogP contribution in [0.1, 0.15) is 19.5 Å².